The summed E-state index contributed by atoms with van der Waals surface area (Å²) in [6.45, 7) is 5.26. The summed E-state index contributed by atoms with van der Waals surface area (Å²) in [6.07, 6.45) is 0. The largest absolute Gasteiger partial charge is 0.497 e. The summed E-state index contributed by atoms with van der Waals surface area (Å²) in [7, 11) is 3.04. The van der Waals surface area contributed by atoms with Gasteiger partial charge in [0, 0.05) is 38.8 Å². The number of carbonyl (C=O) groups excluding carboxylic acids is 2. The first-order chi connectivity index (χ1) is 16.0. The van der Waals surface area contributed by atoms with Crippen LogP contribution in [0.3, 0.4) is 0 Å². The third kappa shape index (κ3) is 4.31. The maximum atomic E-state index is 13.8. The monoisotopic (exact) mass is 451 g/mol. The first kappa shape index (κ1) is 22.8. The zero-order valence-electron chi connectivity index (χ0n) is 19.2. The second-order valence-electron chi connectivity index (χ2n) is 8.13. The molecule has 0 atom stereocenters. The Balaban J connectivity index is 1.78. The lowest BCUT2D eigenvalue weighted by molar-refractivity contribution is -0.120. The van der Waals surface area contributed by atoms with E-state index < -0.39 is 0 Å². The maximum Gasteiger partial charge on any atom is 0.282 e. The summed E-state index contributed by atoms with van der Waals surface area (Å²) >= 11 is 0. The number of aliphatic hydroxyl groups excluding tert-OH is 1. The number of hydrogen-bond donors (Lipinski definition) is 1. The number of nitrogens with zero attached hydrogens (tertiary/aromatic N) is 3. The van der Waals surface area contributed by atoms with Crippen molar-refractivity contribution in [2.75, 3.05) is 58.5 Å². The van der Waals surface area contributed by atoms with E-state index in [-0.39, 0.29) is 18.4 Å². The normalized spacial score (nSPS) is 17.2. The van der Waals surface area contributed by atoms with Crippen LogP contribution in [0.25, 0.3) is 5.57 Å². The van der Waals surface area contributed by atoms with E-state index in [1.807, 2.05) is 36.1 Å². The van der Waals surface area contributed by atoms with Crippen molar-refractivity contribution in [3.8, 4) is 11.5 Å². The van der Waals surface area contributed by atoms with Crippen molar-refractivity contribution in [1.82, 2.24) is 9.80 Å². The molecular formula is C25H29N3O5. The van der Waals surface area contributed by atoms with Crippen LogP contribution in [-0.4, -0.2) is 80.3 Å². The Morgan fingerprint density at radius 1 is 0.909 bits per heavy atom. The van der Waals surface area contributed by atoms with Crippen molar-refractivity contribution in [1.29, 1.82) is 0 Å². The van der Waals surface area contributed by atoms with Gasteiger partial charge in [-0.25, -0.2) is 4.90 Å². The molecule has 2 heterocycles. The minimum atomic E-state index is -0.386. The Kier molecular flexibility index (Phi) is 6.67. The summed E-state index contributed by atoms with van der Waals surface area (Å²) in [4.78, 5) is 32.9. The van der Waals surface area contributed by atoms with Gasteiger partial charge in [-0.1, -0.05) is 29.8 Å². The van der Waals surface area contributed by atoms with Crippen LogP contribution in [0.4, 0.5) is 5.69 Å². The van der Waals surface area contributed by atoms with E-state index in [1.165, 1.54) is 19.1 Å². The number of ether oxygens (including phenoxy) is 2. The third-order valence-corrected chi connectivity index (χ3v) is 6.13. The minimum absolute atomic E-state index is 0.0954. The molecule has 8 nitrogen and oxygen atoms in total. The van der Waals surface area contributed by atoms with Gasteiger partial charge in [0.05, 0.1) is 32.1 Å². The van der Waals surface area contributed by atoms with Crippen LogP contribution < -0.4 is 14.4 Å². The number of rotatable bonds is 7. The summed E-state index contributed by atoms with van der Waals surface area (Å²) in [6, 6.07) is 12.7. The quantitative estimate of drug-likeness (QED) is 0.644. The van der Waals surface area contributed by atoms with Crippen molar-refractivity contribution in [3.05, 3.63) is 59.3 Å². The van der Waals surface area contributed by atoms with E-state index in [2.05, 4.69) is 4.90 Å². The van der Waals surface area contributed by atoms with E-state index in [4.69, 9.17) is 9.47 Å². The second kappa shape index (κ2) is 9.64. The summed E-state index contributed by atoms with van der Waals surface area (Å²) in [5.41, 5.74) is 2.92. The van der Waals surface area contributed by atoms with Crippen LogP contribution in [0.15, 0.2) is 48.2 Å². The number of piperazine rings is 1. The Labute approximate surface area is 193 Å². The molecule has 0 aromatic heterocycles. The average molecular weight is 452 g/mol. The third-order valence-electron chi connectivity index (χ3n) is 6.13. The smallest absolute Gasteiger partial charge is 0.282 e. The molecule has 1 saturated heterocycles. The van der Waals surface area contributed by atoms with Crippen LogP contribution in [0, 0.1) is 6.92 Å². The zero-order chi connectivity index (χ0) is 23.5. The van der Waals surface area contributed by atoms with E-state index in [0.717, 1.165) is 5.56 Å². The number of amides is 2. The number of benzene rings is 2. The van der Waals surface area contributed by atoms with Crippen LogP contribution >= 0.6 is 0 Å². The van der Waals surface area contributed by atoms with Gasteiger partial charge in [0.25, 0.3) is 11.8 Å². The van der Waals surface area contributed by atoms with Gasteiger partial charge in [0.15, 0.2) is 0 Å². The van der Waals surface area contributed by atoms with Gasteiger partial charge in [-0.15, -0.1) is 0 Å². The molecule has 174 valence electrons. The average Bonchev–Trinajstić information content (AvgIpc) is 3.09. The molecule has 8 heteroatoms. The highest BCUT2D eigenvalue weighted by molar-refractivity contribution is 6.45. The maximum absolute atomic E-state index is 13.8. The molecular weight excluding hydrogens is 422 g/mol. The number of imide groups is 1. The molecule has 2 amide bonds. The summed E-state index contributed by atoms with van der Waals surface area (Å²) in [5, 5.41) is 9.25. The molecule has 2 aromatic carbocycles. The van der Waals surface area contributed by atoms with Crippen molar-refractivity contribution >= 4 is 23.1 Å². The van der Waals surface area contributed by atoms with Crippen molar-refractivity contribution in [2.45, 2.75) is 6.92 Å². The summed E-state index contributed by atoms with van der Waals surface area (Å²) in [5.74, 6) is 0.171. The molecule has 1 fully saturated rings. The molecule has 2 aliphatic heterocycles. The number of aryl methyl sites for hydroxylation is 1. The number of carbonyl (C=O) groups is 2. The molecule has 0 saturated carbocycles. The molecule has 1 N–H and O–H groups in total. The predicted octanol–water partition coefficient (Wildman–Crippen LogP) is 1.91. The Morgan fingerprint density at radius 3 is 2.21 bits per heavy atom. The highest BCUT2D eigenvalue weighted by Crippen LogP contribution is 2.40. The van der Waals surface area contributed by atoms with Gasteiger partial charge in [-0.3, -0.25) is 14.5 Å². The first-order valence-corrected chi connectivity index (χ1v) is 11.0. The molecule has 0 spiro atoms. The van der Waals surface area contributed by atoms with Crippen LogP contribution in [0.2, 0.25) is 0 Å². The van der Waals surface area contributed by atoms with Gasteiger partial charge in [-0.2, -0.15) is 0 Å². The molecule has 4 rings (SSSR count). The van der Waals surface area contributed by atoms with Gasteiger partial charge < -0.3 is 19.5 Å². The van der Waals surface area contributed by atoms with Crippen molar-refractivity contribution in [3.63, 3.8) is 0 Å². The molecule has 0 bridgehead atoms. The second-order valence-corrected chi connectivity index (χ2v) is 8.13. The fourth-order valence-electron chi connectivity index (χ4n) is 4.32. The minimum Gasteiger partial charge on any atom is -0.497 e. The SMILES string of the molecule is COc1ccc(OC)c(N2C(=O)C(c3ccc(C)cc3)=C(N3CCN(CCO)CC3)C2=O)c1. The van der Waals surface area contributed by atoms with Crippen molar-refractivity contribution in [2.24, 2.45) is 0 Å². The topological polar surface area (TPSA) is 82.6 Å². The molecule has 33 heavy (non-hydrogen) atoms. The molecule has 0 aliphatic carbocycles. The number of hydrogen-bond acceptors (Lipinski definition) is 7. The zero-order valence-corrected chi connectivity index (χ0v) is 19.2. The van der Waals surface area contributed by atoms with E-state index in [0.29, 0.717) is 66.7 Å². The van der Waals surface area contributed by atoms with Crippen LogP contribution in [0.5, 0.6) is 11.5 Å². The number of anilines is 1. The Morgan fingerprint density at radius 2 is 1.61 bits per heavy atom. The van der Waals surface area contributed by atoms with Crippen molar-refractivity contribution < 1.29 is 24.2 Å². The molecule has 2 aromatic rings. The van der Waals surface area contributed by atoms with E-state index in [1.54, 1.807) is 18.2 Å². The fraction of sp³-hybridized carbons (Fsp3) is 0.360. The lowest BCUT2D eigenvalue weighted by Crippen LogP contribution is -2.48. The highest BCUT2D eigenvalue weighted by atomic mass is 16.5. The highest BCUT2D eigenvalue weighted by Gasteiger charge is 2.44. The number of methoxy groups -OCH3 is 2. The fourth-order valence-corrected chi connectivity index (χ4v) is 4.32. The lowest BCUT2D eigenvalue weighted by atomic mass is 10.0. The van der Waals surface area contributed by atoms with Gasteiger partial charge in [0.2, 0.25) is 0 Å². The van der Waals surface area contributed by atoms with Crippen LogP contribution in [-0.2, 0) is 9.59 Å². The predicted molar refractivity (Wildman–Crippen MR) is 125 cm³/mol. The van der Waals surface area contributed by atoms with Gasteiger partial charge >= 0.3 is 0 Å². The lowest BCUT2D eigenvalue weighted by Gasteiger charge is -2.36. The molecule has 0 radical (unpaired) electrons. The Hall–Kier alpha value is -3.36. The van der Waals surface area contributed by atoms with Gasteiger partial charge in [-0.05, 0) is 24.6 Å². The molecule has 2 aliphatic rings. The van der Waals surface area contributed by atoms with Gasteiger partial charge in [0.1, 0.15) is 17.2 Å². The van der Waals surface area contributed by atoms with E-state index >= 15 is 0 Å². The van der Waals surface area contributed by atoms with Crippen LogP contribution in [0.1, 0.15) is 11.1 Å². The van der Waals surface area contributed by atoms with E-state index in [9.17, 15) is 14.7 Å². The standard InChI is InChI=1S/C25H29N3O5/c1-17-4-6-18(7-5-17)22-23(27-12-10-26(11-13-27)14-15-29)25(31)28(24(22)30)20-16-19(32-2)8-9-21(20)33-3/h4-9,16,29H,10-15H2,1-3H3. The number of β-amino-alcohol motifs (C(OH)–C–C–N with tert-alkyl or cyclic N) is 1. The first-order valence-electron chi connectivity index (χ1n) is 11.0. The number of aliphatic hydroxyl groups is 1. The Bertz CT molecular complexity index is 1070. The molecule has 0 unspecified atom stereocenters. The summed E-state index contributed by atoms with van der Waals surface area (Å²) < 4.78 is 10.8.